The molecule has 2 saturated carbocycles. The summed E-state index contributed by atoms with van der Waals surface area (Å²) in [5, 5.41) is 32.2. The lowest BCUT2D eigenvalue weighted by Crippen LogP contribution is -2.55. The summed E-state index contributed by atoms with van der Waals surface area (Å²) in [5.41, 5.74) is 1.21. The third kappa shape index (κ3) is 5.60. The van der Waals surface area contributed by atoms with Gasteiger partial charge in [0.1, 0.15) is 18.2 Å². The van der Waals surface area contributed by atoms with Crippen molar-refractivity contribution in [3.63, 3.8) is 0 Å². The number of rotatable bonds is 10. The van der Waals surface area contributed by atoms with Crippen molar-refractivity contribution >= 4 is 17.8 Å². The summed E-state index contributed by atoms with van der Waals surface area (Å²) >= 11 is 0. The van der Waals surface area contributed by atoms with Gasteiger partial charge in [-0.25, -0.2) is 4.79 Å². The summed E-state index contributed by atoms with van der Waals surface area (Å²) in [7, 11) is 0. The standard InChI is InChI=1S/C30H44N2O7/c1-17(2)24(31-26(36)23(35)16-18-8-9-21(33)22(34)15-18)27(37)32-13-6-7-20(32)28(38)39-14-11-19-10-12-30(5)25(19)29(30,3)4/h8-9,15,17,19-20,23-25,33-35H,6-7,10-14,16H2,1-5H3,(H,31,36)/t19?,20-,23+,24-,25?,30?/m0/s1. The van der Waals surface area contributed by atoms with E-state index in [-0.39, 0.29) is 29.7 Å². The van der Waals surface area contributed by atoms with E-state index in [0.29, 0.717) is 54.2 Å². The fourth-order valence-corrected chi connectivity index (χ4v) is 7.30. The second-order valence-electron chi connectivity index (χ2n) is 12.8. The van der Waals surface area contributed by atoms with E-state index < -0.39 is 30.1 Å². The van der Waals surface area contributed by atoms with Crippen LogP contribution in [0.3, 0.4) is 0 Å². The Morgan fingerprint density at radius 2 is 1.85 bits per heavy atom. The number of aromatic hydroxyl groups is 2. The molecule has 3 unspecified atom stereocenters. The first-order valence-electron chi connectivity index (χ1n) is 14.2. The summed E-state index contributed by atoms with van der Waals surface area (Å²) in [6.45, 7) is 11.4. The Bertz CT molecular complexity index is 1100. The fraction of sp³-hybridized carbons (Fsp3) is 0.700. The smallest absolute Gasteiger partial charge is 0.328 e. The van der Waals surface area contributed by atoms with E-state index in [0.717, 1.165) is 6.42 Å². The van der Waals surface area contributed by atoms with Crippen LogP contribution in [-0.2, 0) is 25.5 Å². The van der Waals surface area contributed by atoms with Crippen molar-refractivity contribution in [2.45, 2.75) is 91.3 Å². The molecule has 0 radical (unpaired) electrons. The predicted molar refractivity (Wildman–Crippen MR) is 145 cm³/mol. The molecule has 9 nitrogen and oxygen atoms in total. The van der Waals surface area contributed by atoms with Crippen molar-refractivity contribution < 1.29 is 34.4 Å². The Labute approximate surface area is 230 Å². The van der Waals surface area contributed by atoms with Crippen LogP contribution in [0.15, 0.2) is 18.2 Å². The summed E-state index contributed by atoms with van der Waals surface area (Å²) in [6.07, 6.45) is 2.87. The van der Waals surface area contributed by atoms with Gasteiger partial charge in [-0.1, -0.05) is 40.7 Å². The van der Waals surface area contributed by atoms with E-state index >= 15 is 0 Å². The fourth-order valence-electron chi connectivity index (χ4n) is 7.30. The van der Waals surface area contributed by atoms with E-state index in [1.54, 1.807) is 13.8 Å². The zero-order chi connectivity index (χ0) is 28.7. The SMILES string of the molecule is CC(C)[C@H](NC(=O)[C@H](O)Cc1ccc(O)c(O)c1)C(=O)N1CCC[C@H]1C(=O)OCCC1CCC2(C)C1C2(C)C. The van der Waals surface area contributed by atoms with Crippen molar-refractivity contribution in [1.82, 2.24) is 10.2 Å². The number of amides is 2. The van der Waals surface area contributed by atoms with E-state index in [2.05, 4.69) is 26.1 Å². The monoisotopic (exact) mass is 544 g/mol. The highest BCUT2D eigenvalue weighted by atomic mass is 16.5. The molecule has 0 bridgehead atoms. The summed E-state index contributed by atoms with van der Waals surface area (Å²) in [6, 6.07) is 2.45. The van der Waals surface area contributed by atoms with Crippen LogP contribution in [0.25, 0.3) is 0 Å². The quantitative estimate of drug-likeness (QED) is 0.262. The summed E-state index contributed by atoms with van der Waals surface area (Å²) in [4.78, 5) is 40.8. The minimum atomic E-state index is -1.46. The Kier molecular flexibility index (Phi) is 8.22. The van der Waals surface area contributed by atoms with Gasteiger partial charge in [0.05, 0.1) is 6.61 Å². The predicted octanol–water partition coefficient (Wildman–Crippen LogP) is 3.14. The first kappa shape index (κ1) is 29.2. The maximum Gasteiger partial charge on any atom is 0.328 e. The third-order valence-corrected chi connectivity index (χ3v) is 9.90. The van der Waals surface area contributed by atoms with Crippen LogP contribution in [0.1, 0.15) is 72.3 Å². The van der Waals surface area contributed by atoms with E-state index in [1.807, 2.05) is 0 Å². The number of esters is 1. The minimum absolute atomic E-state index is 0.102. The van der Waals surface area contributed by atoms with Gasteiger partial charge in [0.25, 0.3) is 0 Å². The molecule has 39 heavy (non-hydrogen) atoms. The van der Waals surface area contributed by atoms with E-state index in [4.69, 9.17) is 4.74 Å². The van der Waals surface area contributed by atoms with Crippen molar-refractivity contribution in [2.75, 3.05) is 13.2 Å². The number of nitrogens with one attached hydrogen (secondary N) is 1. The Balaban J connectivity index is 1.31. The molecule has 3 aliphatic rings. The van der Waals surface area contributed by atoms with E-state index in [1.165, 1.54) is 35.9 Å². The number of phenols is 2. The number of fused-ring (bicyclic) bond motifs is 1. The number of aliphatic hydroxyl groups excluding tert-OH is 1. The molecule has 6 atom stereocenters. The first-order valence-corrected chi connectivity index (χ1v) is 14.2. The van der Waals surface area contributed by atoms with Gasteiger partial charge in [-0.15, -0.1) is 0 Å². The zero-order valence-corrected chi connectivity index (χ0v) is 23.8. The van der Waals surface area contributed by atoms with Crippen LogP contribution in [0.5, 0.6) is 11.5 Å². The highest BCUT2D eigenvalue weighted by molar-refractivity contribution is 5.92. The number of nitrogens with zero attached hydrogens (tertiary/aromatic N) is 1. The number of benzene rings is 1. The van der Waals surface area contributed by atoms with Gasteiger partial charge in [0.2, 0.25) is 11.8 Å². The first-order chi connectivity index (χ1) is 18.3. The summed E-state index contributed by atoms with van der Waals surface area (Å²) in [5.74, 6) is -1.15. The largest absolute Gasteiger partial charge is 0.504 e. The molecule has 9 heteroatoms. The zero-order valence-electron chi connectivity index (χ0n) is 23.8. The second kappa shape index (κ2) is 11.0. The molecule has 0 spiro atoms. The van der Waals surface area contributed by atoms with Crippen LogP contribution < -0.4 is 5.32 Å². The number of carbonyl (C=O) groups is 3. The van der Waals surface area contributed by atoms with Crippen molar-refractivity contribution in [3.8, 4) is 11.5 Å². The number of hydrogen-bond acceptors (Lipinski definition) is 7. The third-order valence-electron chi connectivity index (χ3n) is 9.90. The van der Waals surface area contributed by atoms with Crippen molar-refractivity contribution in [3.05, 3.63) is 23.8 Å². The van der Waals surface area contributed by atoms with Crippen LogP contribution in [-0.4, -0.2) is 69.3 Å². The van der Waals surface area contributed by atoms with Crippen LogP contribution >= 0.6 is 0 Å². The van der Waals surface area contributed by atoms with Crippen molar-refractivity contribution in [2.24, 2.45) is 28.6 Å². The molecule has 3 fully saturated rings. The van der Waals surface area contributed by atoms with Crippen LogP contribution in [0.2, 0.25) is 0 Å². The van der Waals surface area contributed by atoms with Gasteiger partial charge in [-0.2, -0.15) is 0 Å². The summed E-state index contributed by atoms with van der Waals surface area (Å²) < 4.78 is 5.68. The lowest BCUT2D eigenvalue weighted by Gasteiger charge is -2.30. The highest BCUT2D eigenvalue weighted by Gasteiger charge is 2.72. The Morgan fingerprint density at radius 3 is 2.46 bits per heavy atom. The van der Waals surface area contributed by atoms with Gasteiger partial charge < -0.3 is 30.3 Å². The number of carbonyl (C=O) groups excluding carboxylic acids is 3. The molecule has 1 aromatic carbocycles. The van der Waals surface area contributed by atoms with E-state index in [9.17, 15) is 29.7 Å². The lowest BCUT2D eigenvalue weighted by molar-refractivity contribution is -0.155. The molecule has 0 aromatic heterocycles. The average molecular weight is 545 g/mol. The molecule has 1 saturated heterocycles. The molecule has 1 aromatic rings. The Morgan fingerprint density at radius 1 is 1.13 bits per heavy atom. The number of aliphatic hydroxyl groups is 1. The number of ether oxygens (including phenoxy) is 1. The van der Waals surface area contributed by atoms with Crippen molar-refractivity contribution in [1.29, 1.82) is 0 Å². The maximum atomic E-state index is 13.5. The van der Waals surface area contributed by atoms with Gasteiger partial charge in [0, 0.05) is 13.0 Å². The van der Waals surface area contributed by atoms with Gasteiger partial charge in [0.15, 0.2) is 11.5 Å². The molecule has 216 valence electrons. The molecular formula is C30H44N2O7. The van der Waals surface area contributed by atoms with Crippen LogP contribution in [0, 0.1) is 28.6 Å². The molecule has 4 rings (SSSR count). The van der Waals surface area contributed by atoms with Gasteiger partial charge in [-0.05, 0) is 78.4 Å². The molecule has 4 N–H and O–H groups in total. The topological polar surface area (TPSA) is 136 Å². The normalized spacial score (nSPS) is 28.6. The maximum absolute atomic E-state index is 13.5. The highest BCUT2D eigenvalue weighted by Crippen LogP contribution is 2.78. The number of hydrogen-bond donors (Lipinski definition) is 4. The lowest BCUT2D eigenvalue weighted by atomic mass is 9.88. The van der Waals surface area contributed by atoms with Gasteiger partial charge in [-0.3, -0.25) is 9.59 Å². The van der Waals surface area contributed by atoms with Gasteiger partial charge >= 0.3 is 5.97 Å². The molecule has 1 aliphatic heterocycles. The molecule has 2 aliphatic carbocycles. The second-order valence-corrected chi connectivity index (χ2v) is 12.8. The number of phenolic OH excluding ortho intramolecular Hbond substituents is 2. The average Bonchev–Trinajstić information content (AvgIpc) is 3.29. The molecule has 2 amide bonds. The molecule has 1 heterocycles. The molecular weight excluding hydrogens is 500 g/mol. The minimum Gasteiger partial charge on any atom is -0.504 e. The van der Waals surface area contributed by atoms with Crippen LogP contribution in [0.4, 0.5) is 0 Å². The Hall–Kier alpha value is -2.81. The number of likely N-dealkylation sites (tertiary alicyclic amines) is 1.